The van der Waals surface area contributed by atoms with Crippen molar-refractivity contribution in [1.29, 1.82) is 0 Å². The molecule has 0 aliphatic carbocycles. The van der Waals surface area contributed by atoms with Crippen molar-refractivity contribution in [3.8, 4) is 0 Å². The molecule has 3 nitrogen and oxygen atoms in total. The van der Waals surface area contributed by atoms with Gasteiger partial charge in [0.15, 0.2) is 0 Å². The number of rotatable bonds is 5. The highest BCUT2D eigenvalue weighted by Crippen LogP contribution is 2.28. The van der Waals surface area contributed by atoms with Crippen LogP contribution in [0.25, 0.3) is 10.9 Å². The molecule has 0 N–H and O–H groups in total. The highest BCUT2D eigenvalue weighted by molar-refractivity contribution is 5.80. The Morgan fingerprint density at radius 2 is 1.77 bits per heavy atom. The van der Waals surface area contributed by atoms with Crippen molar-refractivity contribution in [1.82, 2.24) is 14.4 Å². The molecule has 2 aromatic carbocycles. The quantitative estimate of drug-likeness (QED) is 0.688. The Labute approximate surface area is 154 Å². The van der Waals surface area contributed by atoms with E-state index in [-0.39, 0.29) is 11.9 Å². The topological polar surface area (TPSA) is 11.4 Å². The Bertz CT molecular complexity index is 864. The van der Waals surface area contributed by atoms with Crippen molar-refractivity contribution in [2.75, 3.05) is 39.8 Å². The molecule has 1 aliphatic heterocycles. The summed E-state index contributed by atoms with van der Waals surface area (Å²) in [4.78, 5) is 4.90. The van der Waals surface area contributed by atoms with E-state index in [9.17, 15) is 4.39 Å². The summed E-state index contributed by atoms with van der Waals surface area (Å²) in [5.74, 6) is -0.163. The number of hydrogen-bond donors (Lipinski definition) is 0. The van der Waals surface area contributed by atoms with Crippen LogP contribution >= 0.6 is 0 Å². The summed E-state index contributed by atoms with van der Waals surface area (Å²) in [6.45, 7) is 5.49. The summed E-state index contributed by atoms with van der Waals surface area (Å²) >= 11 is 0. The molecule has 0 bridgehead atoms. The third kappa shape index (κ3) is 3.67. The number of piperazine rings is 1. The van der Waals surface area contributed by atoms with Crippen molar-refractivity contribution >= 4 is 10.9 Å². The van der Waals surface area contributed by atoms with Gasteiger partial charge < -0.3 is 14.4 Å². The molecule has 0 radical (unpaired) electrons. The second-order valence-electron chi connectivity index (χ2n) is 7.29. The van der Waals surface area contributed by atoms with Gasteiger partial charge in [0.1, 0.15) is 5.82 Å². The molecule has 0 unspecified atom stereocenters. The average Bonchev–Trinajstić information content (AvgIpc) is 3.08. The van der Waals surface area contributed by atoms with Crippen LogP contribution in [0.4, 0.5) is 4.39 Å². The van der Waals surface area contributed by atoms with Crippen LogP contribution < -0.4 is 0 Å². The van der Waals surface area contributed by atoms with Gasteiger partial charge in [-0.3, -0.25) is 0 Å². The SMILES string of the molecule is CN1CCN(CC[C@@H](c2cccc(F)c2)n2ccc3ccccc32)CC1. The van der Waals surface area contributed by atoms with Gasteiger partial charge in [0.25, 0.3) is 0 Å². The van der Waals surface area contributed by atoms with E-state index in [2.05, 4.69) is 57.9 Å². The predicted molar refractivity (Wildman–Crippen MR) is 105 cm³/mol. The second kappa shape index (κ2) is 7.60. The number of fused-ring (bicyclic) bond motifs is 1. The molecule has 2 heterocycles. The molecule has 1 fully saturated rings. The van der Waals surface area contributed by atoms with Crippen molar-refractivity contribution in [2.24, 2.45) is 0 Å². The molecule has 3 aromatic rings. The zero-order valence-corrected chi connectivity index (χ0v) is 15.3. The van der Waals surface area contributed by atoms with Crippen LogP contribution in [-0.4, -0.2) is 54.1 Å². The molecular weight excluding hydrogens is 325 g/mol. The maximum atomic E-state index is 13.9. The molecule has 1 saturated heterocycles. The smallest absolute Gasteiger partial charge is 0.123 e. The third-order valence-electron chi connectivity index (χ3n) is 5.51. The summed E-state index contributed by atoms with van der Waals surface area (Å²) in [7, 11) is 2.18. The number of nitrogens with zero attached hydrogens (tertiary/aromatic N) is 3. The first-order valence-corrected chi connectivity index (χ1v) is 9.42. The number of aromatic nitrogens is 1. The molecule has 1 atom stereocenters. The summed E-state index contributed by atoms with van der Waals surface area (Å²) in [6, 6.07) is 17.8. The van der Waals surface area contributed by atoms with Crippen LogP contribution in [0.15, 0.2) is 60.8 Å². The predicted octanol–water partition coefficient (Wildman–Crippen LogP) is 4.01. The molecule has 1 aliphatic rings. The first kappa shape index (κ1) is 17.3. The van der Waals surface area contributed by atoms with Crippen LogP contribution in [-0.2, 0) is 0 Å². The van der Waals surface area contributed by atoms with Crippen LogP contribution in [0, 0.1) is 5.82 Å². The molecule has 136 valence electrons. The fourth-order valence-electron chi connectivity index (χ4n) is 3.93. The Hall–Kier alpha value is -2.17. The zero-order valence-electron chi connectivity index (χ0n) is 15.3. The number of para-hydroxylation sites is 1. The van der Waals surface area contributed by atoms with Gasteiger partial charge in [-0.25, -0.2) is 4.39 Å². The van der Waals surface area contributed by atoms with Crippen molar-refractivity contribution < 1.29 is 4.39 Å². The summed E-state index contributed by atoms with van der Waals surface area (Å²) in [5.41, 5.74) is 2.25. The molecule has 4 rings (SSSR count). The van der Waals surface area contributed by atoms with Crippen molar-refractivity contribution in [3.63, 3.8) is 0 Å². The van der Waals surface area contributed by atoms with Gasteiger partial charge in [-0.15, -0.1) is 0 Å². The van der Waals surface area contributed by atoms with E-state index < -0.39 is 0 Å². The van der Waals surface area contributed by atoms with E-state index in [1.54, 1.807) is 6.07 Å². The van der Waals surface area contributed by atoms with Gasteiger partial charge in [-0.2, -0.15) is 0 Å². The van der Waals surface area contributed by atoms with Crippen LogP contribution in [0.5, 0.6) is 0 Å². The minimum atomic E-state index is -0.163. The molecule has 0 spiro atoms. The monoisotopic (exact) mass is 351 g/mol. The van der Waals surface area contributed by atoms with E-state index in [0.29, 0.717) is 0 Å². The second-order valence-corrected chi connectivity index (χ2v) is 7.29. The van der Waals surface area contributed by atoms with Gasteiger partial charge >= 0.3 is 0 Å². The first-order chi connectivity index (χ1) is 12.7. The molecular formula is C22H26FN3. The largest absolute Gasteiger partial charge is 0.340 e. The molecule has 0 amide bonds. The standard InChI is InChI=1S/C22H26FN3/c1-24-13-15-25(16-14-24)11-10-22(19-6-4-7-20(23)17-19)26-12-9-18-5-2-3-8-21(18)26/h2-9,12,17,22H,10-11,13-16H2,1H3/t22-/m0/s1. The fraction of sp³-hybridized carbons (Fsp3) is 0.364. The maximum absolute atomic E-state index is 13.9. The number of halogens is 1. The Kier molecular flexibility index (Phi) is 5.05. The summed E-state index contributed by atoms with van der Waals surface area (Å²) < 4.78 is 16.2. The van der Waals surface area contributed by atoms with E-state index in [1.165, 1.54) is 17.0 Å². The summed E-state index contributed by atoms with van der Waals surface area (Å²) in [6.07, 6.45) is 3.12. The van der Waals surface area contributed by atoms with E-state index in [4.69, 9.17) is 0 Å². The molecule has 1 aromatic heterocycles. The Balaban J connectivity index is 1.61. The minimum Gasteiger partial charge on any atom is -0.340 e. The zero-order chi connectivity index (χ0) is 17.9. The van der Waals surface area contributed by atoms with Gasteiger partial charge in [0, 0.05) is 44.4 Å². The lowest BCUT2D eigenvalue weighted by molar-refractivity contribution is 0.149. The van der Waals surface area contributed by atoms with Gasteiger partial charge in [-0.05, 0) is 48.7 Å². The normalized spacial score (nSPS) is 17.6. The Morgan fingerprint density at radius 1 is 0.962 bits per heavy atom. The maximum Gasteiger partial charge on any atom is 0.123 e. The first-order valence-electron chi connectivity index (χ1n) is 9.42. The average molecular weight is 351 g/mol. The lowest BCUT2D eigenvalue weighted by Crippen LogP contribution is -2.45. The lowest BCUT2D eigenvalue weighted by atomic mass is 10.0. The fourth-order valence-corrected chi connectivity index (χ4v) is 3.93. The highest BCUT2D eigenvalue weighted by Gasteiger charge is 2.19. The van der Waals surface area contributed by atoms with E-state index >= 15 is 0 Å². The number of hydrogen-bond acceptors (Lipinski definition) is 2. The molecule has 0 saturated carbocycles. The van der Waals surface area contributed by atoms with Gasteiger partial charge in [0.2, 0.25) is 0 Å². The van der Waals surface area contributed by atoms with Crippen molar-refractivity contribution in [2.45, 2.75) is 12.5 Å². The Morgan fingerprint density at radius 3 is 2.58 bits per heavy atom. The van der Waals surface area contributed by atoms with Crippen LogP contribution in [0.2, 0.25) is 0 Å². The number of likely N-dealkylation sites (N-methyl/N-ethyl adjacent to an activating group) is 1. The van der Waals surface area contributed by atoms with Gasteiger partial charge in [-0.1, -0.05) is 30.3 Å². The van der Waals surface area contributed by atoms with E-state index in [0.717, 1.165) is 44.7 Å². The van der Waals surface area contributed by atoms with Crippen LogP contribution in [0.1, 0.15) is 18.0 Å². The molecule has 4 heteroatoms. The van der Waals surface area contributed by atoms with Gasteiger partial charge in [0.05, 0.1) is 6.04 Å². The van der Waals surface area contributed by atoms with Crippen LogP contribution in [0.3, 0.4) is 0 Å². The van der Waals surface area contributed by atoms with E-state index in [1.807, 2.05) is 12.1 Å². The summed E-state index contributed by atoms with van der Waals surface area (Å²) in [5, 5.41) is 1.23. The highest BCUT2D eigenvalue weighted by atomic mass is 19.1. The lowest BCUT2D eigenvalue weighted by Gasteiger charge is -2.33. The van der Waals surface area contributed by atoms with Crippen molar-refractivity contribution in [3.05, 3.63) is 72.2 Å². The molecule has 26 heavy (non-hydrogen) atoms. The third-order valence-corrected chi connectivity index (χ3v) is 5.51. The number of benzene rings is 2. The minimum absolute atomic E-state index is 0.144.